The number of rotatable bonds is 3. The Labute approximate surface area is 192 Å². The Hall–Kier alpha value is -3.37. The second kappa shape index (κ2) is 7.35. The molecule has 2 bridgehead atoms. The Morgan fingerprint density at radius 2 is 1.69 bits per heavy atom. The van der Waals surface area contributed by atoms with E-state index < -0.39 is 34.5 Å². The van der Waals surface area contributed by atoms with Crippen molar-refractivity contribution >= 4 is 17.5 Å². The summed E-state index contributed by atoms with van der Waals surface area (Å²) in [6, 6.07) is 20.5. The zero-order chi connectivity index (χ0) is 23.3. The van der Waals surface area contributed by atoms with Crippen LogP contribution in [-0.4, -0.2) is 5.90 Å². The van der Waals surface area contributed by atoms with Crippen molar-refractivity contribution < 1.29 is 9.47 Å². The summed E-state index contributed by atoms with van der Waals surface area (Å²) in [5.41, 5.74) is -1.65. The van der Waals surface area contributed by atoms with Crippen LogP contribution < -0.4 is 0 Å². The number of hydrogen-bond acceptors (Lipinski definition) is 6. The first-order valence-electron chi connectivity index (χ1n) is 10.3. The van der Waals surface area contributed by atoms with Gasteiger partial charge in [-0.25, -0.2) is 0 Å². The van der Waals surface area contributed by atoms with Crippen molar-refractivity contribution in [1.29, 1.82) is 21.2 Å². The highest BCUT2D eigenvalue weighted by Gasteiger charge is 2.79. The van der Waals surface area contributed by atoms with Gasteiger partial charge in [-0.15, -0.1) is 0 Å². The van der Waals surface area contributed by atoms with E-state index in [2.05, 4.69) is 32.1 Å². The lowest BCUT2D eigenvalue weighted by Crippen LogP contribution is -2.57. The van der Waals surface area contributed by atoms with Gasteiger partial charge in [0.15, 0.2) is 5.41 Å². The third kappa shape index (κ3) is 2.56. The molecule has 0 aromatic heterocycles. The number of ether oxygens (including phenoxy) is 2. The van der Waals surface area contributed by atoms with Gasteiger partial charge in [0.2, 0.25) is 17.1 Å². The minimum absolute atomic E-state index is 0.295. The molecule has 2 fully saturated rings. The number of benzene rings is 2. The Bertz CT molecular complexity index is 1210. The monoisotopic (exact) mass is 444 g/mol. The number of halogens is 1. The van der Waals surface area contributed by atoms with Crippen LogP contribution in [0.2, 0.25) is 5.02 Å². The molecule has 7 heteroatoms. The van der Waals surface area contributed by atoms with Crippen molar-refractivity contribution in [3.8, 4) is 18.2 Å². The molecule has 160 valence electrons. The van der Waals surface area contributed by atoms with Crippen molar-refractivity contribution in [2.75, 3.05) is 0 Å². The van der Waals surface area contributed by atoms with E-state index in [0.29, 0.717) is 22.1 Å². The average Bonchev–Trinajstić information content (AvgIpc) is 2.95. The summed E-state index contributed by atoms with van der Waals surface area (Å²) in [6.07, 6.45) is -1.13. The third-order valence-electron chi connectivity index (χ3n) is 6.80. The molecule has 2 aromatic rings. The topological polar surface area (TPSA) is 114 Å². The van der Waals surface area contributed by atoms with Gasteiger partial charge in [0.25, 0.3) is 0 Å². The van der Waals surface area contributed by atoms with Crippen molar-refractivity contribution in [3.05, 3.63) is 70.2 Å². The molecule has 0 radical (unpaired) electrons. The normalized spacial score (nSPS) is 30.1. The number of fused-ring (bicyclic) bond motifs is 2. The highest BCUT2D eigenvalue weighted by Crippen LogP contribution is 2.69. The van der Waals surface area contributed by atoms with Crippen molar-refractivity contribution in [2.45, 2.75) is 38.6 Å². The highest BCUT2D eigenvalue weighted by molar-refractivity contribution is 6.30. The first kappa shape index (κ1) is 21.8. The van der Waals surface area contributed by atoms with Gasteiger partial charge in [0, 0.05) is 10.6 Å². The molecule has 0 saturated carbocycles. The largest absolute Gasteiger partial charge is 0.443 e. The molecular formula is C25H21ClN4O2. The molecule has 2 aliphatic rings. The summed E-state index contributed by atoms with van der Waals surface area (Å²) in [7, 11) is 0. The number of nitriles is 3. The van der Waals surface area contributed by atoms with Crippen LogP contribution in [0, 0.1) is 56.2 Å². The molecule has 2 aromatic carbocycles. The van der Waals surface area contributed by atoms with Crippen LogP contribution in [-0.2, 0) is 15.3 Å². The lowest BCUT2D eigenvalue weighted by atomic mass is 9.53. The van der Waals surface area contributed by atoms with Crippen molar-refractivity contribution in [2.24, 2.45) is 16.7 Å². The number of nitrogens with one attached hydrogen (secondary N) is 1. The van der Waals surface area contributed by atoms with Gasteiger partial charge in [-0.1, -0.05) is 68.8 Å². The van der Waals surface area contributed by atoms with E-state index in [1.165, 1.54) is 0 Å². The smallest absolute Gasteiger partial charge is 0.244 e. The van der Waals surface area contributed by atoms with Crippen LogP contribution in [0.5, 0.6) is 0 Å². The summed E-state index contributed by atoms with van der Waals surface area (Å²) in [5, 5.41) is 40.0. The predicted molar refractivity (Wildman–Crippen MR) is 117 cm³/mol. The van der Waals surface area contributed by atoms with Gasteiger partial charge in [-0.2, -0.15) is 15.8 Å². The Balaban J connectivity index is 2.00. The van der Waals surface area contributed by atoms with Crippen LogP contribution in [0.4, 0.5) is 0 Å². The van der Waals surface area contributed by atoms with E-state index in [9.17, 15) is 15.8 Å². The summed E-state index contributed by atoms with van der Waals surface area (Å²) < 4.78 is 12.5. The summed E-state index contributed by atoms with van der Waals surface area (Å²) in [6.45, 7) is 5.81. The zero-order valence-electron chi connectivity index (χ0n) is 17.9. The first-order chi connectivity index (χ1) is 15.2. The third-order valence-corrected chi connectivity index (χ3v) is 7.04. The van der Waals surface area contributed by atoms with E-state index >= 15 is 0 Å². The van der Waals surface area contributed by atoms with Crippen LogP contribution in [0.15, 0.2) is 48.5 Å². The maximum Gasteiger partial charge on any atom is 0.244 e. The maximum absolute atomic E-state index is 10.3. The van der Waals surface area contributed by atoms with E-state index in [4.69, 9.17) is 26.5 Å². The Morgan fingerprint density at radius 1 is 1.03 bits per heavy atom. The van der Waals surface area contributed by atoms with Crippen LogP contribution >= 0.6 is 11.6 Å². The van der Waals surface area contributed by atoms with Crippen LogP contribution in [0.3, 0.4) is 0 Å². The van der Waals surface area contributed by atoms with Gasteiger partial charge < -0.3 is 9.47 Å². The molecule has 4 atom stereocenters. The lowest BCUT2D eigenvalue weighted by Gasteiger charge is -2.48. The molecule has 0 amide bonds. The molecule has 0 spiro atoms. The lowest BCUT2D eigenvalue weighted by molar-refractivity contribution is -0.288. The fourth-order valence-corrected chi connectivity index (χ4v) is 5.12. The van der Waals surface area contributed by atoms with Crippen LogP contribution in [0.1, 0.15) is 49.5 Å². The average molecular weight is 445 g/mol. The van der Waals surface area contributed by atoms with Gasteiger partial charge in [0.1, 0.15) is 6.10 Å². The summed E-state index contributed by atoms with van der Waals surface area (Å²) >= 11 is 6.23. The van der Waals surface area contributed by atoms with Gasteiger partial charge >= 0.3 is 0 Å². The van der Waals surface area contributed by atoms with E-state index in [1.807, 2.05) is 12.1 Å². The highest BCUT2D eigenvalue weighted by atomic mass is 35.5. The number of nitrogens with zero attached hydrogens (tertiary/aromatic N) is 3. The summed E-state index contributed by atoms with van der Waals surface area (Å²) in [5.74, 6) is -2.52. The second-order valence-electron chi connectivity index (χ2n) is 8.60. The molecule has 4 unspecified atom stereocenters. The molecule has 0 aliphatic carbocycles. The van der Waals surface area contributed by atoms with E-state index in [1.54, 1.807) is 43.3 Å². The molecule has 2 aliphatic heterocycles. The van der Waals surface area contributed by atoms with E-state index in [-0.39, 0.29) is 0 Å². The molecule has 6 nitrogen and oxygen atoms in total. The molecule has 4 rings (SSSR count). The van der Waals surface area contributed by atoms with Gasteiger partial charge in [0.05, 0.1) is 24.1 Å². The number of hydrogen-bond donors (Lipinski definition) is 1. The fraction of sp³-hybridized carbons (Fsp3) is 0.360. The fourth-order valence-electron chi connectivity index (χ4n) is 4.93. The quantitative estimate of drug-likeness (QED) is 0.664. The molecule has 2 heterocycles. The molecule has 32 heavy (non-hydrogen) atoms. The van der Waals surface area contributed by atoms with Gasteiger partial charge in [-0.3, -0.25) is 5.41 Å². The Morgan fingerprint density at radius 3 is 2.22 bits per heavy atom. The van der Waals surface area contributed by atoms with Crippen molar-refractivity contribution in [3.63, 3.8) is 0 Å². The molecule has 2 saturated heterocycles. The van der Waals surface area contributed by atoms with E-state index in [0.717, 1.165) is 5.56 Å². The summed E-state index contributed by atoms with van der Waals surface area (Å²) in [4.78, 5) is 0. The minimum Gasteiger partial charge on any atom is -0.443 e. The Kier molecular flexibility index (Phi) is 5.02. The maximum atomic E-state index is 10.3. The first-order valence-corrected chi connectivity index (χ1v) is 10.7. The molecule has 1 N–H and O–H groups in total. The molecular weight excluding hydrogens is 424 g/mol. The van der Waals surface area contributed by atoms with Crippen molar-refractivity contribution in [1.82, 2.24) is 0 Å². The predicted octanol–water partition coefficient (Wildman–Crippen LogP) is 5.57. The minimum atomic E-state index is -1.99. The standard InChI is InChI=1S/C25H21ClN4O2/c1-15(2)17-7-9-18(10-8-17)21-23(12-27,13-28)24(14-29)16(3)25(31-21,32-22(24)30)19-5-4-6-20(26)11-19/h4-11,15-16,21,30H,1-3H3. The SMILES string of the molecule is CC(C)c1ccc(C2OC3(c4cccc(Cl)c4)OC(=N)C(C#N)(C3C)C2(C#N)C#N)cc1. The van der Waals surface area contributed by atoms with Crippen LogP contribution in [0.25, 0.3) is 0 Å². The zero-order valence-corrected chi connectivity index (χ0v) is 18.6. The second-order valence-corrected chi connectivity index (χ2v) is 9.04. The van der Waals surface area contributed by atoms with Gasteiger partial charge in [-0.05, 0) is 29.2 Å².